The van der Waals surface area contributed by atoms with Crippen LogP contribution in [-0.4, -0.2) is 54.2 Å². The molecule has 0 aliphatic carbocycles. The fourth-order valence-corrected chi connectivity index (χ4v) is 1.75. The Morgan fingerprint density at radius 3 is 2.00 bits per heavy atom. The Bertz CT molecular complexity index is 444. The molecule has 0 radical (unpaired) electrons. The molecule has 0 saturated heterocycles. The number of anilines is 1. The van der Waals surface area contributed by atoms with E-state index in [9.17, 15) is 9.59 Å². The quantitative estimate of drug-likeness (QED) is 0.757. The number of aliphatic carboxylic acids is 2. The molecule has 0 unspecified atom stereocenters. The Hall–Kier alpha value is -2.08. The lowest BCUT2D eigenvalue weighted by Crippen LogP contribution is -2.26. The molecule has 6 heteroatoms. The van der Waals surface area contributed by atoms with Gasteiger partial charge in [0.05, 0.1) is 6.54 Å². The predicted molar refractivity (Wildman–Crippen MR) is 71.3 cm³/mol. The van der Waals surface area contributed by atoms with Gasteiger partial charge in [-0.3, -0.25) is 14.5 Å². The van der Waals surface area contributed by atoms with E-state index >= 15 is 0 Å². The van der Waals surface area contributed by atoms with Gasteiger partial charge < -0.3 is 15.1 Å². The molecule has 0 saturated carbocycles. The molecule has 0 bridgehead atoms. The van der Waals surface area contributed by atoms with Crippen LogP contribution in [0.5, 0.6) is 0 Å². The van der Waals surface area contributed by atoms with Crippen molar-refractivity contribution in [1.29, 1.82) is 0 Å². The molecule has 0 heterocycles. The Labute approximate surface area is 111 Å². The zero-order chi connectivity index (χ0) is 14.4. The molecule has 1 aromatic rings. The molecular weight excluding hydrogens is 248 g/mol. The van der Waals surface area contributed by atoms with Gasteiger partial charge in [-0.25, -0.2) is 0 Å². The van der Waals surface area contributed by atoms with E-state index in [0.717, 1.165) is 11.3 Å². The van der Waals surface area contributed by atoms with Crippen molar-refractivity contribution in [2.45, 2.75) is 6.54 Å². The van der Waals surface area contributed by atoms with Crippen LogP contribution in [0.2, 0.25) is 0 Å². The van der Waals surface area contributed by atoms with Crippen LogP contribution >= 0.6 is 0 Å². The molecule has 0 spiro atoms. The Morgan fingerprint density at radius 2 is 1.53 bits per heavy atom. The van der Waals surface area contributed by atoms with Crippen molar-refractivity contribution in [1.82, 2.24) is 4.90 Å². The molecule has 0 fully saturated rings. The summed E-state index contributed by atoms with van der Waals surface area (Å²) in [6.07, 6.45) is 0. The van der Waals surface area contributed by atoms with Crippen molar-refractivity contribution in [2.24, 2.45) is 0 Å². The normalized spacial score (nSPS) is 10.5. The molecule has 0 amide bonds. The second-order valence-electron chi connectivity index (χ2n) is 4.48. The van der Waals surface area contributed by atoms with Crippen LogP contribution in [0.4, 0.5) is 5.69 Å². The average molecular weight is 266 g/mol. The summed E-state index contributed by atoms with van der Waals surface area (Å²) in [6, 6.07) is 7.39. The Kier molecular flexibility index (Phi) is 5.32. The first-order valence-electron chi connectivity index (χ1n) is 5.80. The van der Waals surface area contributed by atoms with Gasteiger partial charge in [0.1, 0.15) is 6.54 Å². The molecule has 2 N–H and O–H groups in total. The number of carboxylic acids is 2. The number of likely N-dealkylation sites (N-methyl/N-ethyl adjacent to an activating group) is 2. The highest BCUT2D eigenvalue weighted by Crippen LogP contribution is 2.14. The maximum absolute atomic E-state index is 10.6. The van der Waals surface area contributed by atoms with E-state index in [0.29, 0.717) is 6.54 Å². The molecule has 6 nitrogen and oxygen atoms in total. The summed E-state index contributed by atoms with van der Waals surface area (Å²) in [5.41, 5.74) is 1.79. The standard InChI is InChI=1S/C13H18N2O4/c1-14(8-12(16)17)7-10-3-5-11(6-4-10)15(2)9-13(18)19/h3-6H,7-9H2,1-2H3,(H,16,17)(H,18,19). The first-order valence-corrected chi connectivity index (χ1v) is 5.80. The lowest BCUT2D eigenvalue weighted by atomic mass is 10.2. The smallest absolute Gasteiger partial charge is 0.323 e. The van der Waals surface area contributed by atoms with Crippen LogP contribution in [0.1, 0.15) is 5.56 Å². The van der Waals surface area contributed by atoms with Crippen molar-refractivity contribution in [3.8, 4) is 0 Å². The minimum Gasteiger partial charge on any atom is -0.480 e. The predicted octanol–water partition coefficient (Wildman–Crippen LogP) is 0.724. The third kappa shape index (κ3) is 5.39. The minimum absolute atomic E-state index is 0.0132. The van der Waals surface area contributed by atoms with Gasteiger partial charge in [-0.2, -0.15) is 0 Å². The number of carbonyl (C=O) groups is 2. The van der Waals surface area contributed by atoms with Gasteiger partial charge in [-0.1, -0.05) is 12.1 Å². The largest absolute Gasteiger partial charge is 0.480 e. The van der Waals surface area contributed by atoms with Gasteiger partial charge in [0.25, 0.3) is 0 Å². The fourth-order valence-electron chi connectivity index (χ4n) is 1.75. The topological polar surface area (TPSA) is 81.1 Å². The molecule has 19 heavy (non-hydrogen) atoms. The summed E-state index contributed by atoms with van der Waals surface area (Å²) in [5.74, 6) is -1.74. The molecule has 0 aliphatic heterocycles. The third-order valence-corrected chi connectivity index (χ3v) is 2.61. The summed E-state index contributed by atoms with van der Waals surface area (Å²) in [4.78, 5) is 24.5. The highest BCUT2D eigenvalue weighted by molar-refractivity contribution is 5.73. The van der Waals surface area contributed by atoms with Gasteiger partial charge >= 0.3 is 11.9 Å². The molecule has 1 aromatic carbocycles. The van der Waals surface area contributed by atoms with Crippen LogP contribution in [0.25, 0.3) is 0 Å². The summed E-state index contributed by atoms with van der Waals surface area (Å²) in [6.45, 7) is 0.466. The molecule has 1 rings (SSSR count). The first kappa shape index (κ1) is 15.0. The third-order valence-electron chi connectivity index (χ3n) is 2.61. The van der Waals surface area contributed by atoms with Crippen LogP contribution in [-0.2, 0) is 16.1 Å². The molecule has 0 aliphatic rings. The van der Waals surface area contributed by atoms with Crippen LogP contribution in [0.3, 0.4) is 0 Å². The number of benzene rings is 1. The lowest BCUT2D eigenvalue weighted by molar-refractivity contribution is -0.138. The van der Waals surface area contributed by atoms with Crippen LogP contribution < -0.4 is 4.90 Å². The average Bonchev–Trinajstić information content (AvgIpc) is 2.27. The van der Waals surface area contributed by atoms with Crippen LogP contribution in [0.15, 0.2) is 24.3 Å². The number of nitrogens with zero attached hydrogens (tertiary/aromatic N) is 2. The second-order valence-corrected chi connectivity index (χ2v) is 4.48. The van der Waals surface area contributed by atoms with E-state index in [1.54, 1.807) is 23.9 Å². The number of hydrogen-bond donors (Lipinski definition) is 2. The SMILES string of the molecule is CN(CC(=O)O)Cc1ccc(N(C)CC(=O)O)cc1. The first-order chi connectivity index (χ1) is 8.88. The maximum Gasteiger partial charge on any atom is 0.323 e. The second kappa shape index (κ2) is 6.75. The van der Waals surface area contributed by atoms with Crippen LogP contribution in [0, 0.1) is 0 Å². The number of hydrogen-bond acceptors (Lipinski definition) is 4. The summed E-state index contributed by atoms with van der Waals surface area (Å²) in [7, 11) is 3.44. The number of carboxylic acid groups (broad SMARTS) is 2. The van der Waals surface area contributed by atoms with Gasteiger partial charge in [0, 0.05) is 19.3 Å². The monoisotopic (exact) mass is 266 g/mol. The van der Waals surface area contributed by atoms with E-state index < -0.39 is 11.9 Å². The molecular formula is C13H18N2O4. The zero-order valence-corrected chi connectivity index (χ0v) is 11.0. The van der Waals surface area contributed by atoms with Gasteiger partial charge in [0.15, 0.2) is 0 Å². The van der Waals surface area contributed by atoms with Crippen molar-refractivity contribution in [2.75, 3.05) is 32.1 Å². The van der Waals surface area contributed by atoms with Gasteiger partial charge in [-0.15, -0.1) is 0 Å². The lowest BCUT2D eigenvalue weighted by Gasteiger charge is -2.18. The molecule has 0 atom stereocenters. The van der Waals surface area contributed by atoms with Gasteiger partial charge in [-0.05, 0) is 24.7 Å². The van der Waals surface area contributed by atoms with E-state index in [-0.39, 0.29) is 13.1 Å². The van der Waals surface area contributed by atoms with Crippen molar-refractivity contribution in [3.05, 3.63) is 29.8 Å². The Morgan fingerprint density at radius 1 is 1.00 bits per heavy atom. The maximum atomic E-state index is 10.6. The summed E-state index contributed by atoms with van der Waals surface area (Å²) < 4.78 is 0. The summed E-state index contributed by atoms with van der Waals surface area (Å²) >= 11 is 0. The molecule has 0 aromatic heterocycles. The van der Waals surface area contributed by atoms with Crippen molar-refractivity contribution in [3.63, 3.8) is 0 Å². The van der Waals surface area contributed by atoms with E-state index in [1.165, 1.54) is 0 Å². The molecule has 104 valence electrons. The zero-order valence-electron chi connectivity index (χ0n) is 11.0. The highest BCUT2D eigenvalue weighted by Gasteiger charge is 2.07. The van der Waals surface area contributed by atoms with E-state index in [4.69, 9.17) is 10.2 Å². The van der Waals surface area contributed by atoms with Gasteiger partial charge in [0.2, 0.25) is 0 Å². The number of rotatable bonds is 7. The highest BCUT2D eigenvalue weighted by atomic mass is 16.4. The van der Waals surface area contributed by atoms with E-state index in [1.807, 2.05) is 24.3 Å². The minimum atomic E-state index is -0.882. The fraction of sp³-hybridized carbons (Fsp3) is 0.385. The van der Waals surface area contributed by atoms with Crippen molar-refractivity contribution >= 4 is 17.6 Å². The van der Waals surface area contributed by atoms with E-state index in [2.05, 4.69) is 0 Å². The van der Waals surface area contributed by atoms with Crippen molar-refractivity contribution < 1.29 is 19.8 Å². The summed E-state index contributed by atoms with van der Waals surface area (Å²) in [5, 5.41) is 17.4. The Balaban J connectivity index is 2.61.